The van der Waals surface area contributed by atoms with Crippen LogP contribution < -0.4 is 14.4 Å². The smallest absolute Gasteiger partial charge is 0.232 e. The van der Waals surface area contributed by atoms with Crippen LogP contribution in [0.25, 0.3) is 0 Å². The molecule has 0 saturated carbocycles. The van der Waals surface area contributed by atoms with E-state index in [1.165, 1.54) is 4.31 Å². The highest BCUT2D eigenvalue weighted by molar-refractivity contribution is 7.92. The molecule has 1 rings (SSSR count). The second-order valence-electron chi connectivity index (χ2n) is 6.42. The van der Waals surface area contributed by atoms with Crippen LogP contribution >= 0.6 is 0 Å². The Morgan fingerprint density at radius 2 is 1.83 bits per heavy atom. The number of rotatable bonds is 9. The molecule has 24 heavy (non-hydrogen) atoms. The predicted molar refractivity (Wildman–Crippen MR) is 96.9 cm³/mol. The summed E-state index contributed by atoms with van der Waals surface area (Å²) in [5, 5.41) is 2.95. The van der Waals surface area contributed by atoms with E-state index in [9.17, 15) is 13.2 Å². The molecular formula is C17H28N2O4S. The maximum atomic E-state index is 12.0. The summed E-state index contributed by atoms with van der Waals surface area (Å²) in [5.41, 5.74) is 0.316. The van der Waals surface area contributed by atoms with E-state index in [2.05, 4.69) is 5.32 Å². The van der Waals surface area contributed by atoms with Gasteiger partial charge in [-0.25, -0.2) is 8.42 Å². The van der Waals surface area contributed by atoms with Gasteiger partial charge in [-0.1, -0.05) is 6.92 Å². The fourth-order valence-electron chi connectivity index (χ4n) is 2.15. The summed E-state index contributed by atoms with van der Waals surface area (Å²) < 4.78 is 30.5. The molecular weight excluding hydrogens is 328 g/mol. The minimum absolute atomic E-state index is 0.0648. The quantitative estimate of drug-likeness (QED) is 0.738. The first-order valence-electron chi connectivity index (χ1n) is 8.02. The van der Waals surface area contributed by atoms with E-state index >= 15 is 0 Å². The SMILES string of the molecule is CCC(C)(C)NC(=O)CCCN(c1ccc(OC)cc1)S(C)(=O)=O. The number of carbonyl (C=O) groups excluding carboxylic acids is 1. The molecule has 1 N–H and O–H groups in total. The Hall–Kier alpha value is -1.76. The highest BCUT2D eigenvalue weighted by atomic mass is 32.2. The monoisotopic (exact) mass is 356 g/mol. The van der Waals surface area contributed by atoms with E-state index in [0.29, 0.717) is 17.9 Å². The highest BCUT2D eigenvalue weighted by Crippen LogP contribution is 2.22. The van der Waals surface area contributed by atoms with Crippen LogP contribution in [0.3, 0.4) is 0 Å². The lowest BCUT2D eigenvalue weighted by molar-refractivity contribution is -0.122. The second-order valence-corrected chi connectivity index (χ2v) is 8.33. The first-order chi connectivity index (χ1) is 11.1. The van der Waals surface area contributed by atoms with Crippen molar-refractivity contribution < 1.29 is 17.9 Å². The average Bonchev–Trinajstić information content (AvgIpc) is 2.50. The Morgan fingerprint density at radius 1 is 1.25 bits per heavy atom. The highest BCUT2D eigenvalue weighted by Gasteiger charge is 2.20. The largest absolute Gasteiger partial charge is 0.497 e. The summed E-state index contributed by atoms with van der Waals surface area (Å²) in [6.45, 7) is 6.19. The molecule has 0 heterocycles. The molecule has 0 aromatic heterocycles. The maximum Gasteiger partial charge on any atom is 0.232 e. The van der Waals surface area contributed by atoms with Crippen LogP contribution in [0.4, 0.5) is 5.69 Å². The third-order valence-electron chi connectivity index (χ3n) is 3.89. The molecule has 0 fully saturated rings. The third-order valence-corrected chi connectivity index (χ3v) is 5.08. The van der Waals surface area contributed by atoms with Gasteiger partial charge in [0.1, 0.15) is 5.75 Å². The van der Waals surface area contributed by atoms with Crippen LogP contribution in [-0.2, 0) is 14.8 Å². The van der Waals surface area contributed by atoms with Crippen molar-refractivity contribution in [2.45, 2.75) is 45.6 Å². The Kier molecular flexibility index (Phi) is 7.08. The number of ether oxygens (including phenoxy) is 1. The van der Waals surface area contributed by atoms with E-state index in [1.807, 2.05) is 20.8 Å². The summed E-state index contributed by atoms with van der Waals surface area (Å²) >= 11 is 0. The van der Waals surface area contributed by atoms with Crippen molar-refractivity contribution in [3.05, 3.63) is 24.3 Å². The van der Waals surface area contributed by atoms with E-state index in [-0.39, 0.29) is 24.4 Å². The van der Waals surface area contributed by atoms with E-state index < -0.39 is 10.0 Å². The van der Waals surface area contributed by atoms with Crippen molar-refractivity contribution in [3.63, 3.8) is 0 Å². The summed E-state index contributed by atoms with van der Waals surface area (Å²) in [4.78, 5) is 12.0. The van der Waals surface area contributed by atoms with Crippen molar-refractivity contribution in [1.29, 1.82) is 0 Å². The Balaban J connectivity index is 2.70. The molecule has 0 saturated heterocycles. The van der Waals surface area contributed by atoms with Crippen molar-refractivity contribution in [2.75, 3.05) is 24.2 Å². The van der Waals surface area contributed by atoms with Gasteiger partial charge in [0.25, 0.3) is 0 Å². The lowest BCUT2D eigenvalue weighted by atomic mass is 10.0. The van der Waals surface area contributed by atoms with E-state index in [0.717, 1.165) is 12.7 Å². The standard InChI is InChI=1S/C17H28N2O4S/c1-6-17(2,3)18-16(20)8-7-13-19(24(5,21)22)14-9-11-15(23-4)12-10-14/h9-12H,6-8,13H2,1-5H3,(H,18,20). The normalized spacial score (nSPS) is 11.9. The average molecular weight is 356 g/mol. The van der Waals surface area contributed by atoms with E-state index in [1.54, 1.807) is 31.4 Å². The topological polar surface area (TPSA) is 75.7 Å². The van der Waals surface area contributed by atoms with Gasteiger partial charge in [0.15, 0.2) is 0 Å². The van der Waals surface area contributed by atoms with Gasteiger partial charge in [-0.2, -0.15) is 0 Å². The lowest BCUT2D eigenvalue weighted by Crippen LogP contribution is -2.43. The fourth-order valence-corrected chi connectivity index (χ4v) is 3.11. The molecule has 136 valence electrons. The Bertz CT molecular complexity index is 639. The number of benzene rings is 1. The summed E-state index contributed by atoms with van der Waals surface area (Å²) in [6, 6.07) is 6.81. The number of nitrogens with zero attached hydrogens (tertiary/aromatic N) is 1. The van der Waals surface area contributed by atoms with Crippen molar-refractivity contribution >= 4 is 21.6 Å². The van der Waals surface area contributed by atoms with Gasteiger partial charge in [-0.05, 0) is 51.0 Å². The number of sulfonamides is 1. The van der Waals surface area contributed by atoms with Crippen LogP contribution in [0.1, 0.15) is 40.0 Å². The molecule has 6 nitrogen and oxygen atoms in total. The van der Waals surface area contributed by atoms with Crippen molar-refractivity contribution in [2.24, 2.45) is 0 Å². The van der Waals surface area contributed by atoms with Gasteiger partial charge in [0, 0.05) is 18.5 Å². The Morgan fingerprint density at radius 3 is 2.29 bits per heavy atom. The molecule has 7 heteroatoms. The second kappa shape index (κ2) is 8.37. The molecule has 0 atom stereocenters. The van der Waals surface area contributed by atoms with Crippen LogP contribution in [-0.4, -0.2) is 39.8 Å². The zero-order chi connectivity index (χ0) is 18.4. The zero-order valence-electron chi connectivity index (χ0n) is 15.1. The molecule has 0 spiro atoms. The molecule has 0 aliphatic carbocycles. The lowest BCUT2D eigenvalue weighted by Gasteiger charge is -2.25. The van der Waals surface area contributed by atoms with Gasteiger partial charge in [-0.3, -0.25) is 9.10 Å². The molecule has 1 amide bonds. The van der Waals surface area contributed by atoms with Gasteiger partial charge in [0.05, 0.1) is 19.1 Å². The number of hydrogen-bond donors (Lipinski definition) is 1. The van der Waals surface area contributed by atoms with Crippen molar-refractivity contribution in [3.8, 4) is 5.75 Å². The van der Waals surface area contributed by atoms with Crippen LogP contribution in [0, 0.1) is 0 Å². The maximum absolute atomic E-state index is 12.0. The molecule has 0 aliphatic rings. The number of hydrogen-bond acceptors (Lipinski definition) is 4. The first-order valence-corrected chi connectivity index (χ1v) is 9.86. The summed E-state index contributed by atoms with van der Waals surface area (Å²) in [7, 11) is -1.86. The molecule has 1 aromatic rings. The minimum atomic E-state index is -3.41. The number of carbonyl (C=O) groups is 1. The van der Waals surface area contributed by atoms with Crippen LogP contribution in [0.2, 0.25) is 0 Å². The summed E-state index contributed by atoms with van der Waals surface area (Å²) in [6.07, 6.45) is 2.73. The third kappa shape index (κ3) is 6.39. The molecule has 0 bridgehead atoms. The fraction of sp³-hybridized carbons (Fsp3) is 0.588. The zero-order valence-corrected chi connectivity index (χ0v) is 15.9. The molecule has 0 radical (unpaired) electrons. The first kappa shape index (κ1) is 20.3. The van der Waals surface area contributed by atoms with E-state index in [4.69, 9.17) is 4.74 Å². The molecule has 0 aliphatic heterocycles. The van der Waals surface area contributed by atoms with Crippen LogP contribution in [0.15, 0.2) is 24.3 Å². The number of anilines is 1. The van der Waals surface area contributed by atoms with Gasteiger partial charge in [0.2, 0.25) is 15.9 Å². The Labute approximate surface area is 145 Å². The minimum Gasteiger partial charge on any atom is -0.497 e. The number of nitrogens with one attached hydrogen (secondary N) is 1. The van der Waals surface area contributed by atoms with Gasteiger partial charge < -0.3 is 10.1 Å². The number of amides is 1. The predicted octanol–water partition coefficient (Wildman–Crippen LogP) is 2.55. The molecule has 1 aromatic carbocycles. The van der Waals surface area contributed by atoms with Crippen molar-refractivity contribution in [1.82, 2.24) is 5.32 Å². The summed E-state index contributed by atoms with van der Waals surface area (Å²) in [5.74, 6) is 0.596. The van der Waals surface area contributed by atoms with Crippen LogP contribution in [0.5, 0.6) is 5.75 Å². The van der Waals surface area contributed by atoms with Gasteiger partial charge >= 0.3 is 0 Å². The molecule has 0 unspecified atom stereocenters. The number of methoxy groups -OCH3 is 1. The van der Waals surface area contributed by atoms with Gasteiger partial charge in [-0.15, -0.1) is 0 Å².